The summed E-state index contributed by atoms with van der Waals surface area (Å²) in [5.74, 6) is 0.476. The third kappa shape index (κ3) is 0.891. The quantitative estimate of drug-likeness (QED) is 0.495. The summed E-state index contributed by atoms with van der Waals surface area (Å²) in [5.41, 5.74) is 0.147. The SMILES string of the molecule is O=C1CCC23C=CC12CC(Br)C(Br)C3. The van der Waals surface area contributed by atoms with E-state index in [1.165, 1.54) is 0 Å². The molecule has 2 saturated carbocycles. The topological polar surface area (TPSA) is 17.1 Å². The Hall–Kier alpha value is 0.370. The Balaban J connectivity index is 2.04. The van der Waals surface area contributed by atoms with E-state index in [1.807, 2.05) is 0 Å². The standard InChI is InChI=1S/C11H12Br2O/c12-7-5-10-2-1-9(14)11(10,4-3-10)6-8(7)13/h3-4,7-8H,1-2,5-6H2. The smallest absolute Gasteiger partial charge is 0.143 e. The van der Waals surface area contributed by atoms with Crippen LogP contribution in [-0.2, 0) is 4.79 Å². The number of allylic oxidation sites excluding steroid dienone is 2. The Kier molecular flexibility index (Phi) is 1.87. The highest BCUT2D eigenvalue weighted by atomic mass is 79.9. The summed E-state index contributed by atoms with van der Waals surface area (Å²) in [5, 5.41) is 0. The number of alkyl halides is 2. The van der Waals surface area contributed by atoms with Gasteiger partial charge in [-0.1, -0.05) is 44.0 Å². The van der Waals surface area contributed by atoms with Crippen molar-refractivity contribution in [2.24, 2.45) is 10.8 Å². The second-order valence-electron chi connectivity index (χ2n) is 4.82. The summed E-state index contributed by atoms with van der Waals surface area (Å²) in [6.45, 7) is 0. The van der Waals surface area contributed by atoms with Crippen LogP contribution in [0.5, 0.6) is 0 Å². The Morgan fingerprint density at radius 1 is 1.21 bits per heavy atom. The molecule has 0 saturated heterocycles. The van der Waals surface area contributed by atoms with Gasteiger partial charge in [0.25, 0.3) is 0 Å². The van der Waals surface area contributed by atoms with Crippen LogP contribution >= 0.6 is 31.9 Å². The molecule has 0 N–H and O–H groups in total. The first kappa shape index (κ1) is 9.59. The van der Waals surface area contributed by atoms with Crippen molar-refractivity contribution in [1.29, 1.82) is 0 Å². The molecular weight excluding hydrogens is 308 g/mol. The van der Waals surface area contributed by atoms with Crippen LogP contribution in [0, 0.1) is 10.8 Å². The highest BCUT2D eigenvalue weighted by Crippen LogP contribution is 2.67. The van der Waals surface area contributed by atoms with Crippen molar-refractivity contribution in [3.63, 3.8) is 0 Å². The van der Waals surface area contributed by atoms with Gasteiger partial charge in [0.1, 0.15) is 5.78 Å². The number of rotatable bonds is 0. The zero-order chi connectivity index (χ0) is 9.97. The molecule has 0 spiro atoms. The van der Waals surface area contributed by atoms with Crippen molar-refractivity contribution in [2.75, 3.05) is 0 Å². The maximum atomic E-state index is 12.0. The fraction of sp³-hybridized carbons (Fsp3) is 0.727. The molecule has 0 bridgehead atoms. The van der Waals surface area contributed by atoms with Crippen LogP contribution in [-0.4, -0.2) is 15.4 Å². The van der Waals surface area contributed by atoms with E-state index in [9.17, 15) is 4.79 Å². The molecule has 76 valence electrons. The first-order valence-electron chi connectivity index (χ1n) is 5.12. The van der Waals surface area contributed by atoms with Gasteiger partial charge in [-0.15, -0.1) is 0 Å². The highest BCUT2D eigenvalue weighted by Gasteiger charge is 2.65. The number of ketones is 1. The van der Waals surface area contributed by atoms with Gasteiger partial charge in [-0.25, -0.2) is 0 Å². The van der Waals surface area contributed by atoms with Crippen LogP contribution in [0.15, 0.2) is 12.2 Å². The molecule has 0 aromatic carbocycles. The minimum absolute atomic E-state index is 0.0779. The van der Waals surface area contributed by atoms with Crippen molar-refractivity contribution in [1.82, 2.24) is 0 Å². The molecule has 0 aromatic rings. The number of halogens is 2. The van der Waals surface area contributed by atoms with Crippen molar-refractivity contribution in [3.8, 4) is 0 Å². The lowest BCUT2D eigenvalue weighted by Gasteiger charge is -2.54. The van der Waals surface area contributed by atoms with Gasteiger partial charge in [0.15, 0.2) is 0 Å². The minimum atomic E-state index is -0.0779. The molecule has 4 atom stereocenters. The van der Waals surface area contributed by atoms with E-state index in [0.717, 1.165) is 25.7 Å². The monoisotopic (exact) mass is 318 g/mol. The Morgan fingerprint density at radius 3 is 2.57 bits per heavy atom. The van der Waals surface area contributed by atoms with Gasteiger partial charge in [-0.3, -0.25) is 4.79 Å². The molecule has 0 aromatic heterocycles. The summed E-state index contributed by atoms with van der Waals surface area (Å²) in [7, 11) is 0. The maximum absolute atomic E-state index is 12.0. The molecule has 3 aliphatic rings. The lowest BCUT2D eigenvalue weighted by atomic mass is 9.51. The molecule has 14 heavy (non-hydrogen) atoms. The van der Waals surface area contributed by atoms with E-state index in [0.29, 0.717) is 15.4 Å². The van der Waals surface area contributed by atoms with E-state index in [2.05, 4.69) is 44.0 Å². The Morgan fingerprint density at radius 2 is 1.93 bits per heavy atom. The zero-order valence-electron chi connectivity index (χ0n) is 7.80. The van der Waals surface area contributed by atoms with Gasteiger partial charge in [0.05, 0.1) is 5.41 Å². The number of hydrogen-bond acceptors (Lipinski definition) is 1. The van der Waals surface area contributed by atoms with E-state index < -0.39 is 0 Å². The average Bonchev–Trinajstić information content (AvgIpc) is 2.32. The molecule has 3 heteroatoms. The van der Waals surface area contributed by atoms with Crippen LogP contribution in [0.25, 0.3) is 0 Å². The van der Waals surface area contributed by atoms with Crippen molar-refractivity contribution in [2.45, 2.75) is 35.3 Å². The second kappa shape index (κ2) is 2.73. The summed E-state index contributed by atoms with van der Waals surface area (Å²) in [4.78, 5) is 12.9. The molecule has 0 aliphatic heterocycles. The molecule has 0 radical (unpaired) electrons. The highest BCUT2D eigenvalue weighted by molar-refractivity contribution is 9.12. The van der Waals surface area contributed by atoms with Gasteiger partial charge >= 0.3 is 0 Å². The normalized spacial score (nSPS) is 55.1. The summed E-state index contributed by atoms with van der Waals surface area (Å²) in [6, 6.07) is 0. The molecular formula is C11H12Br2O. The van der Waals surface area contributed by atoms with Crippen molar-refractivity contribution >= 4 is 37.6 Å². The van der Waals surface area contributed by atoms with Crippen LogP contribution in [0.4, 0.5) is 0 Å². The van der Waals surface area contributed by atoms with Gasteiger partial charge < -0.3 is 0 Å². The molecule has 0 amide bonds. The number of Topliss-reactive ketones (excluding diaryl/α,β-unsaturated/α-hetero) is 1. The number of carbonyl (C=O) groups is 1. The Bertz CT molecular complexity index is 338. The van der Waals surface area contributed by atoms with Gasteiger partial charge in [0, 0.05) is 21.5 Å². The molecule has 1 nitrogen and oxygen atoms in total. The van der Waals surface area contributed by atoms with Crippen LogP contribution in [0.1, 0.15) is 25.7 Å². The maximum Gasteiger partial charge on any atom is 0.143 e. The van der Waals surface area contributed by atoms with Crippen LogP contribution in [0.2, 0.25) is 0 Å². The summed E-state index contributed by atoms with van der Waals surface area (Å²) < 4.78 is 0. The first-order valence-corrected chi connectivity index (χ1v) is 6.95. The lowest BCUT2D eigenvalue weighted by molar-refractivity contribution is -0.128. The van der Waals surface area contributed by atoms with E-state index in [-0.39, 0.29) is 10.8 Å². The minimum Gasteiger partial charge on any atom is -0.299 e. The summed E-state index contributed by atoms with van der Waals surface area (Å²) >= 11 is 7.39. The van der Waals surface area contributed by atoms with Crippen LogP contribution in [0.3, 0.4) is 0 Å². The van der Waals surface area contributed by atoms with Gasteiger partial charge in [-0.2, -0.15) is 0 Å². The molecule has 3 aliphatic carbocycles. The average molecular weight is 320 g/mol. The lowest BCUT2D eigenvalue weighted by Crippen LogP contribution is -2.53. The Labute approximate surface area is 101 Å². The fourth-order valence-corrected chi connectivity index (χ4v) is 4.87. The predicted octanol–water partition coefficient (Wildman–Crippen LogP) is 3.21. The van der Waals surface area contributed by atoms with E-state index in [1.54, 1.807) is 0 Å². The third-order valence-corrected chi connectivity index (χ3v) is 6.97. The van der Waals surface area contributed by atoms with Crippen molar-refractivity contribution in [3.05, 3.63) is 12.2 Å². The molecule has 2 fully saturated rings. The number of carbonyl (C=O) groups excluding carboxylic acids is 1. The third-order valence-electron chi connectivity index (χ3n) is 4.34. The van der Waals surface area contributed by atoms with Gasteiger partial charge in [-0.05, 0) is 19.3 Å². The molecule has 0 heterocycles. The van der Waals surface area contributed by atoms with E-state index in [4.69, 9.17) is 0 Å². The van der Waals surface area contributed by atoms with Gasteiger partial charge in [0.2, 0.25) is 0 Å². The van der Waals surface area contributed by atoms with E-state index >= 15 is 0 Å². The predicted molar refractivity (Wildman–Crippen MR) is 62.9 cm³/mol. The molecule has 3 rings (SSSR count). The molecule has 4 unspecified atom stereocenters. The van der Waals surface area contributed by atoms with Crippen LogP contribution < -0.4 is 0 Å². The first-order chi connectivity index (χ1) is 6.60. The second-order valence-corrected chi connectivity index (χ2v) is 7.18. The summed E-state index contributed by atoms with van der Waals surface area (Å²) in [6.07, 6.45) is 8.40. The number of hydrogen-bond donors (Lipinski definition) is 0. The largest absolute Gasteiger partial charge is 0.299 e. The zero-order valence-corrected chi connectivity index (χ0v) is 11.0. The van der Waals surface area contributed by atoms with Crippen molar-refractivity contribution < 1.29 is 4.79 Å². The fourth-order valence-electron chi connectivity index (χ4n) is 3.41.